The molecule has 0 aliphatic carbocycles. The zero-order chi connectivity index (χ0) is 32.8. The van der Waals surface area contributed by atoms with Gasteiger partial charge in [0, 0.05) is 22.1 Å². The summed E-state index contributed by atoms with van der Waals surface area (Å²) in [4.78, 5) is 0. The average molecular weight is 612 g/mol. The zero-order valence-corrected chi connectivity index (χ0v) is 28.0. The van der Waals surface area contributed by atoms with Gasteiger partial charge in [0.2, 0.25) is 0 Å². The summed E-state index contributed by atoms with van der Waals surface area (Å²) in [6.07, 6.45) is 7.04. The lowest BCUT2D eigenvalue weighted by molar-refractivity contribution is 0.282. The van der Waals surface area contributed by atoms with Gasteiger partial charge < -0.3 is 39.0 Å². The summed E-state index contributed by atoms with van der Waals surface area (Å²) in [5, 5.41) is 40.6. The molecule has 0 aliphatic rings. The topological polar surface area (TPSA) is 118 Å². The van der Waals surface area contributed by atoms with Gasteiger partial charge >= 0.3 is 14.2 Å². The van der Waals surface area contributed by atoms with Crippen molar-refractivity contribution >= 4 is 37.3 Å². The number of hydrogen-bond donors (Lipinski definition) is 4. The molecule has 10 heteroatoms. The third kappa shape index (κ3) is 13.1. The van der Waals surface area contributed by atoms with Crippen molar-refractivity contribution < 1.29 is 39.0 Å². The summed E-state index contributed by atoms with van der Waals surface area (Å²) >= 11 is 0. The van der Waals surface area contributed by atoms with E-state index in [2.05, 4.69) is 55.4 Å². The van der Waals surface area contributed by atoms with Gasteiger partial charge in [0.1, 0.15) is 23.0 Å². The molecular weight excluding hydrogens is 558 g/mol. The number of ether oxygens (including phenoxy) is 4. The van der Waals surface area contributed by atoms with E-state index in [1.165, 1.54) is 0 Å². The third-order valence-electron chi connectivity index (χ3n) is 7.09. The van der Waals surface area contributed by atoms with Crippen molar-refractivity contribution in [3.8, 4) is 23.0 Å². The van der Waals surface area contributed by atoms with Crippen LogP contribution in [0.1, 0.15) is 92.2 Å². The lowest BCUT2D eigenvalue weighted by Gasteiger charge is -2.18. The maximum absolute atomic E-state index is 10.1. The molecule has 2 aromatic rings. The van der Waals surface area contributed by atoms with Crippen molar-refractivity contribution in [1.29, 1.82) is 0 Å². The molecule has 244 valence electrons. The molecular formula is C34H54B2O8. The summed E-state index contributed by atoms with van der Waals surface area (Å²) in [5.74, 6) is 3.50. The molecule has 0 aromatic heterocycles. The van der Waals surface area contributed by atoms with Crippen LogP contribution in [0.4, 0.5) is 0 Å². The van der Waals surface area contributed by atoms with E-state index in [9.17, 15) is 20.1 Å². The average Bonchev–Trinajstić information content (AvgIpc) is 2.92. The van der Waals surface area contributed by atoms with Crippen LogP contribution in [0, 0.1) is 23.7 Å². The van der Waals surface area contributed by atoms with Crippen LogP contribution in [0.15, 0.2) is 24.3 Å². The Kier molecular flexibility index (Phi) is 16.2. The molecule has 4 N–H and O–H groups in total. The van der Waals surface area contributed by atoms with Crippen molar-refractivity contribution in [2.24, 2.45) is 23.7 Å². The minimum atomic E-state index is -1.72. The van der Waals surface area contributed by atoms with Crippen molar-refractivity contribution in [1.82, 2.24) is 0 Å². The van der Waals surface area contributed by atoms with Crippen LogP contribution >= 0.6 is 0 Å². The highest BCUT2D eigenvalue weighted by molar-refractivity contribution is 6.60. The van der Waals surface area contributed by atoms with Gasteiger partial charge in [-0.05, 0) is 73.6 Å². The van der Waals surface area contributed by atoms with Gasteiger partial charge in [-0.15, -0.1) is 0 Å². The summed E-state index contributed by atoms with van der Waals surface area (Å²) in [6.45, 7) is 18.7. The molecule has 0 saturated carbocycles. The van der Waals surface area contributed by atoms with Gasteiger partial charge in [0.15, 0.2) is 0 Å². The second-order valence-corrected chi connectivity index (χ2v) is 13.1. The summed E-state index contributed by atoms with van der Waals surface area (Å²) in [6, 6.07) is 6.78. The van der Waals surface area contributed by atoms with Crippen LogP contribution in [0.3, 0.4) is 0 Å². The third-order valence-corrected chi connectivity index (χ3v) is 7.09. The highest BCUT2D eigenvalue weighted by atomic mass is 16.5. The van der Waals surface area contributed by atoms with Crippen LogP contribution in [-0.2, 0) is 0 Å². The minimum Gasteiger partial charge on any atom is -0.494 e. The van der Waals surface area contributed by atoms with E-state index < -0.39 is 14.2 Å². The Hall–Kier alpha value is -2.65. The molecule has 0 heterocycles. The normalized spacial score (nSPS) is 11.7. The number of rotatable bonds is 20. The van der Waals surface area contributed by atoms with E-state index in [1.807, 2.05) is 12.2 Å². The lowest BCUT2D eigenvalue weighted by Crippen LogP contribution is -2.32. The number of benzene rings is 2. The monoisotopic (exact) mass is 612 g/mol. The van der Waals surface area contributed by atoms with Gasteiger partial charge in [0.25, 0.3) is 0 Å². The van der Waals surface area contributed by atoms with Crippen molar-refractivity contribution in [2.45, 2.75) is 81.1 Å². The smallest absolute Gasteiger partial charge is 0.492 e. The van der Waals surface area contributed by atoms with Gasteiger partial charge in [-0.2, -0.15) is 0 Å². The summed E-state index contributed by atoms with van der Waals surface area (Å²) < 4.78 is 24.3. The van der Waals surface area contributed by atoms with Crippen molar-refractivity contribution in [3.63, 3.8) is 0 Å². The van der Waals surface area contributed by atoms with Crippen LogP contribution in [-0.4, -0.2) is 60.8 Å². The second-order valence-electron chi connectivity index (χ2n) is 13.1. The van der Waals surface area contributed by atoms with Crippen LogP contribution in [0.5, 0.6) is 23.0 Å². The fraction of sp³-hybridized carbons (Fsp3) is 0.588. The van der Waals surface area contributed by atoms with E-state index in [4.69, 9.17) is 18.9 Å². The predicted molar refractivity (Wildman–Crippen MR) is 181 cm³/mol. The Morgan fingerprint density at radius 3 is 1.00 bits per heavy atom. The molecule has 2 rings (SSSR count). The first-order valence-corrected chi connectivity index (χ1v) is 16.1. The van der Waals surface area contributed by atoms with Crippen LogP contribution in [0.2, 0.25) is 0 Å². The molecule has 8 nitrogen and oxygen atoms in total. The fourth-order valence-electron chi connectivity index (χ4n) is 4.14. The minimum absolute atomic E-state index is 0.241. The molecule has 0 spiro atoms. The Balaban J connectivity index is 2.60. The zero-order valence-electron chi connectivity index (χ0n) is 28.0. The Morgan fingerprint density at radius 2 is 0.750 bits per heavy atom. The first kappa shape index (κ1) is 37.5. The predicted octanol–water partition coefficient (Wildman–Crippen LogP) is 4.92. The maximum atomic E-state index is 10.1. The SMILES string of the molecule is CC(C)CCOc1cc(B(O)O)c(OCCC(C)C)cc1C=Cc1cc(OCCC(C)C)c(B(O)O)cc1OCCC(C)C. The summed E-state index contributed by atoms with van der Waals surface area (Å²) in [7, 11) is -3.45. The molecule has 0 fully saturated rings. The Morgan fingerprint density at radius 1 is 0.477 bits per heavy atom. The fourth-order valence-corrected chi connectivity index (χ4v) is 4.14. The quantitative estimate of drug-likeness (QED) is 0.123. The molecule has 0 amide bonds. The lowest BCUT2D eigenvalue weighted by atomic mass is 9.78. The molecule has 0 radical (unpaired) electrons. The molecule has 0 aliphatic heterocycles. The molecule has 0 bridgehead atoms. The highest BCUT2D eigenvalue weighted by Crippen LogP contribution is 2.30. The van der Waals surface area contributed by atoms with E-state index in [1.54, 1.807) is 24.3 Å². The Bertz CT molecular complexity index is 1070. The van der Waals surface area contributed by atoms with Crippen LogP contribution in [0.25, 0.3) is 12.2 Å². The van der Waals surface area contributed by atoms with Gasteiger partial charge in [-0.25, -0.2) is 0 Å². The molecule has 44 heavy (non-hydrogen) atoms. The highest BCUT2D eigenvalue weighted by Gasteiger charge is 2.23. The van der Waals surface area contributed by atoms with Crippen LogP contribution < -0.4 is 29.9 Å². The molecule has 0 atom stereocenters. The Labute approximate surface area is 265 Å². The molecule has 2 aromatic carbocycles. The molecule has 0 saturated heterocycles. The van der Waals surface area contributed by atoms with Crippen molar-refractivity contribution in [3.05, 3.63) is 35.4 Å². The van der Waals surface area contributed by atoms with Crippen molar-refractivity contribution in [2.75, 3.05) is 26.4 Å². The van der Waals surface area contributed by atoms with Gasteiger partial charge in [0.05, 0.1) is 26.4 Å². The standard InChI is InChI=1S/C34H54B2O8/c1-23(2)11-15-41-31-21-29(35(37)38)33(43-17-13-25(5)6)19-27(31)9-10-28-20-34(44-18-14-26(7)8)30(36(39)40)22-32(28)42-16-12-24(3)4/h9-10,19-26,37-40H,11-18H2,1-8H3. The number of hydrogen-bond acceptors (Lipinski definition) is 8. The first-order chi connectivity index (χ1) is 20.8. The first-order valence-electron chi connectivity index (χ1n) is 16.1. The van der Waals surface area contributed by atoms with E-state index in [0.717, 1.165) is 25.7 Å². The maximum Gasteiger partial charge on any atom is 0.492 e. The van der Waals surface area contributed by atoms with E-state index in [0.29, 0.717) is 84.2 Å². The van der Waals surface area contributed by atoms with Gasteiger partial charge in [-0.1, -0.05) is 67.5 Å². The van der Waals surface area contributed by atoms with Gasteiger partial charge in [-0.3, -0.25) is 0 Å². The van der Waals surface area contributed by atoms with E-state index in [-0.39, 0.29) is 10.9 Å². The second kappa shape index (κ2) is 19.0. The van der Waals surface area contributed by atoms with E-state index >= 15 is 0 Å². The largest absolute Gasteiger partial charge is 0.494 e. The molecule has 0 unspecified atom stereocenters. The summed E-state index contributed by atoms with van der Waals surface area (Å²) in [5.41, 5.74) is 1.87.